The van der Waals surface area contributed by atoms with Gasteiger partial charge in [-0.3, -0.25) is 4.68 Å². The Morgan fingerprint density at radius 2 is 1.74 bits per heavy atom. The predicted molar refractivity (Wildman–Crippen MR) is 77.3 cm³/mol. The molecule has 0 amide bonds. The molecule has 0 bridgehead atoms. The van der Waals surface area contributed by atoms with Crippen LogP contribution >= 0.6 is 0 Å². The van der Waals surface area contributed by atoms with Crippen molar-refractivity contribution in [3.63, 3.8) is 0 Å². The van der Waals surface area contributed by atoms with E-state index in [1.807, 2.05) is 20.2 Å². The molecule has 1 heterocycles. The molecule has 1 N–H and O–H groups in total. The van der Waals surface area contributed by atoms with E-state index in [-0.39, 0.29) is 0 Å². The van der Waals surface area contributed by atoms with Gasteiger partial charge in [0.25, 0.3) is 0 Å². The van der Waals surface area contributed by atoms with Gasteiger partial charge in [-0.1, -0.05) is 17.7 Å². The van der Waals surface area contributed by atoms with Crippen molar-refractivity contribution in [1.82, 2.24) is 9.78 Å². The van der Waals surface area contributed by atoms with Gasteiger partial charge < -0.3 is 5.11 Å². The zero-order valence-corrected chi connectivity index (χ0v) is 12.4. The average Bonchev–Trinajstić information content (AvgIpc) is 2.62. The molecule has 19 heavy (non-hydrogen) atoms. The molecule has 0 saturated carbocycles. The molecule has 0 aliphatic rings. The Kier molecular flexibility index (Phi) is 3.76. The first-order chi connectivity index (χ1) is 8.88. The van der Waals surface area contributed by atoms with Crippen molar-refractivity contribution in [3.05, 3.63) is 51.8 Å². The Balaban J connectivity index is 2.29. The molecule has 0 fully saturated rings. The quantitative estimate of drug-likeness (QED) is 0.919. The van der Waals surface area contributed by atoms with Crippen LogP contribution in [0.25, 0.3) is 0 Å². The Morgan fingerprint density at radius 3 is 2.21 bits per heavy atom. The minimum Gasteiger partial charge on any atom is -0.388 e. The van der Waals surface area contributed by atoms with Crippen molar-refractivity contribution in [3.8, 4) is 0 Å². The predicted octanol–water partition coefficient (Wildman–Crippen LogP) is 2.93. The van der Waals surface area contributed by atoms with E-state index < -0.39 is 6.10 Å². The van der Waals surface area contributed by atoms with Crippen LogP contribution in [0.2, 0.25) is 0 Å². The number of hydrogen-bond acceptors (Lipinski definition) is 2. The number of rotatable bonds is 3. The van der Waals surface area contributed by atoms with Crippen molar-refractivity contribution in [2.24, 2.45) is 7.05 Å². The van der Waals surface area contributed by atoms with Crippen LogP contribution in [0, 0.1) is 27.7 Å². The molecule has 102 valence electrons. The van der Waals surface area contributed by atoms with Gasteiger partial charge >= 0.3 is 0 Å². The third-order valence-electron chi connectivity index (χ3n) is 3.65. The van der Waals surface area contributed by atoms with Gasteiger partial charge in [-0.15, -0.1) is 0 Å². The number of benzene rings is 1. The van der Waals surface area contributed by atoms with Gasteiger partial charge in [-0.25, -0.2) is 0 Å². The fourth-order valence-corrected chi connectivity index (χ4v) is 2.78. The summed E-state index contributed by atoms with van der Waals surface area (Å²) in [4.78, 5) is 0. The minimum absolute atomic E-state index is 0.492. The fourth-order valence-electron chi connectivity index (χ4n) is 2.78. The minimum atomic E-state index is -0.492. The van der Waals surface area contributed by atoms with Gasteiger partial charge in [-0.2, -0.15) is 5.10 Å². The number of aliphatic hydroxyl groups is 1. The average molecular weight is 258 g/mol. The van der Waals surface area contributed by atoms with Gasteiger partial charge in [0.15, 0.2) is 0 Å². The standard InChI is InChI=1S/C16H22N2O/c1-10-6-11(2)14(12(3)7-10)8-16(19)15-9-18(5)17-13(15)4/h6-7,9,16,19H,8H2,1-5H3. The van der Waals surface area contributed by atoms with Crippen molar-refractivity contribution in [2.75, 3.05) is 0 Å². The van der Waals surface area contributed by atoms with Gasteiger partial charge in [0.05, 0.1) is 11.8 Å². The molecule has 0 spiro atoms. The summed E-state index contributed by atoms with van der Waals surface area (Å²) >= 11 is 0. The normalized spacial score (nSPS) is 12.7. The lowest BCUT2D eigenvalue weighted by Crippen LogP contribution is -2.06. The number of aryl methyl sites for hydroxylation is 5. The molecule has 1 aromatic heterocycles. The largest absolute Gasteiger partial charge is 0.388 e. The molecule has 1 unspecified atom stereocenters. The summed E-state index contributed by atoms with van der Waals surface area (Å²) in [6, 6.07) is 4.34. The van der Waals surface area contributed by atoms with Crippen LogP contribution in [0.4, 0.5) is 0 Å². The Bertz CT molecular complexity index is 576. The molecule has 0 radical (unpaired) electrons. The van der Waals surface area contributed by atoms with E-state index in [1.165, 1.54) is 22.3 Å². The zero-order valence-electron chi connectivity index (χ0n) is 12.4. The van der Waals surface area contributed by atoms with Crippen molar-refractivity contribution < 1.29 is 5.11 Å². The summed E-state index contributed by atoms with van der Waals surface area (Å²) in [5, 5.41) is 14.7. The van der Waals surface area contributed by atoms with E-state index in [4.69, 9.17) is 0 Å². The van der Waals surface area contributed by atoms with Gasteiger partial charge in [0, 0.05) is 25.2 Å². The molecule has 3 heteroatoms. The van der Waals surface area contributed by atoms with Crippen molar-refractivity contribution in [2.45, 2.75) is 40.2 Å². The van der Waals surface area contributed by atoms with E-state index in [0.29, 0.717) is 6.42 Å². The van der Waals surface area contributed by atoms with Crippen LogP contribution in [0.1, 0.15) is 39.6 Å². The first-order valence-corrected chi connectivity index (χ1v) is 6.63. The van der Waals surface area contributed by atoms with Crippen LogP contribution in [0.15, 0.2) is 18.3 Å². The highest BCUT2D eigenvalue weighted by Crippen LogP contribution is 2.25. The molecule has 2 rings (SSSR count). The van der Waals surface area contributed by atoms with Gasteiger partial charge in [-0.05, 0) is 44.4 Å². The van der Waals surface area contributed by atoms with E-state index in [1.54, 1.807) is 4.68 Å². The smallest absolute Gasteiger partial charge is 0.0863 e. The molecule has 2 aromatic rings. The SMILES string of the molecule is Cc1cc(C)c(CC(O)c2cn(C)nc2C)c(C)c1. The molecule has 3 nitrogen and oxygen atoms in total. The summed E-state index contributed by atoms with van der Waals surface area (Å²) in [5.41, 5.74) is 6.82. The molecular formula is C16H22N2O. The first-order valence-electron chi connectivity index (χ1n) is 6.63. The van der Waals surface area contributed by atoms with Crippen molar-refractivity contribution in [1.29, 1.82) is 0 Å². The van der Waals surface area contributed by atoms with E-state index in [0.717, 1.165) is 11.3 Å². The zero-order chi connectivity index (χ0) is 14.2. The van der Waals surface area contributed by atoms with Crippen molar-refractivity contribution >= 4 is 0 Å². The maximum absolute atomic E-state index is 10.4. The summed E-state index contributed by atoms with van der Waals surface area (Å²) in [6.45, 7) is 8.26. The van der Waals surface area contributed by atoms with Crippen LogP contribution in [-0.2, 0) is 13.5 Å². The topological polar surface area (TPSA) is 38.0 Å². The third-order valence-corrected chi connectivity index (χ3v) is 3.65. The Morgan fingerprint density at radius 1 is 1.16 bits per heavy atom. The number of nitrogens with zero attached hydrogens (tertiary/aromatic N) is 2. The van der Waals surface area contributed by atoms with Crippen LogP contribution < -0.4 is 0 Å². The Labute approximate surface area is 114 Å². The lowest BCUT2D eigenvalue weighted by molar-refractivity contribution is 0.177. The van der Waals surface area contributed by atoms with E-state index >= 15 is 0 Å². The van der Waals surface area contributed by atoms with E-state index in [2.05, 4.69) is 38.0 Å². The second-order valence-electron chi connectivity index (χ2n) is 5.44. The Hall–Kier alpha value is -1.61. The van der Waals surface area contributed by atoms with Crippen LogP contribution in [0.5, 0.6) is 0 Å². The first kappa shape index (κ1) is 13.8. The molecule has 0 aliphatic carbocycles. The molecule has 1 aromatic carbocycles. The van der Waals surface area contributed by atoms with Gasteiger partial charge in [0.1, 0.15) is 0 Å². The summed E-state index contributed by atoms with van der Waals surface area (Å²) in [7, 11) is 1.88. The molecule has 0 saturated heterocycles. The second-order valence-corrected chi connectivity index (χ2v) is 5.44. The van der Waals surface area contributed by atoms with Crippen LogP contribution in [0.3, 0.4) is 0 Å². The highest BCUT2D eigenvalue weighted by molar-refractivity contribution is 5.38. The molecule has 0 aliphatic heterocycles. The monoisotopic (exact) mass is 258 g/mol. The highest BCUT2D eigenvalue weighted by atomic mass is 16.3. The highest BCUT2D eigenvalue weighted by Gasteiger charge is 2.16. The second kappa shape index (κ2) is 5.17. The fraction of sp³-hybridized carbons (Fsp3) is 0.438. The third kappa shape index (κ3) is 2.87. The summed E-state index contributed by atoms with van der Waals surface area (Å²) in [5.74, 6) is 0. The van der Waals surface area contributed by atoms with E-state index in [9.17, 15) is 5.11 Å². The van der Waals surface area contributed by atoms with Crippen LogP contribution in [-0.4, -0.2) is 14.9 Å². The lowest BCUT2D eigenvalue weighted by Gasteiger charge is -2.15. The number of hydrogen-bond donors (Lipinski definition) is 1. The summed E-state index contributed by atoms with van der Waals surface area (Å²) < 4.78 is 1.75. The maximum Gasteiger partial charge on any atom is 0.0863 e. The maximum atomic E-state index is 10.4. The number of aliphatic hydroxyl groups excluding tert-OH is 1. The molecular weight excluding hydrogens is 236 g/mol. The molecule has 1 atom stereocenters. The summed E-state index contributed by atoms with van der Waals surface area (Å²) in [6.07, 6.45) is 2.05. The van der Waals surface area contributed by atoms with Gasteiger partial charge in [0.2, 0.25) is 0 Å². The number of aromatic nitrogens is 2. The lowest BCUT2D eigenvalue weighted by atomic mass is 9.93.